The average molecular weight is 256 g/mol. The van der Waals surface area contributed by atoms with Gasteiger partial charge in [0.05, 0.1) is 0 Å². The molecular formula is C14H28N2S. The van der Waals surface area contributed by atoms with Gasteiger partial charge in [-0.3, -0.25) is 4.90 Å². The maximum atomic E-state index is 3.67. The minimum Gasteiger partial charge on any atom is -0.311 e. The molecular weight excluding hydrogens is 228 g/mol. The van der Waals surface area contributed by atoms with E-state index in [4.69, 9.17) is 0 Å². The fourth-order valence-electron chi connectivity index (χ4n) is 3.28. The van der Waals surface area contributed by atoms with Crippen LogP contribution in [0.4, 0.5) is 0 Å². The van der Waals surface area contributed by atoms with Crippen molar-refractivity contribution >= 4 is 11.8 Å². The Morgan fingerprint density at radius 2 is 2.18 bits per heavy atom. The molecule has 2 fully saturated rings. The van der Waals surface area contributed by atoms with Crippen molar-refractivity contribution in [2.45, 2.75) is 57.4 Å². The molecule has 2 aliphatic rings. The van der Waals surface area contributed by atoms with Gasteiger partial charge >= 0.3 is 0 Å². The topological polar surface area (TPSA) is 15.3 Å². The van der Waals surface area contributed by atoms with Crippen molar-refractivity contribution in [2.24, 2.45) is 5.92 Å². The Bertz CT molecular complexity index is 232. The highest BCUT2D eigenvalue weighted by Gasteiger charge is 2.34. The van der Waals surface area contributed by atoms with Gasteiger partial charge in [0.15, 0.2) is 0 Å². The summed E-state index contributed by atoms with van der Waals surface area (Å²) in [5.41, 5.74) is 0. The van der Waals surface area contributed by atoms with Gasteiger partial charge in [-0.05, 0) is 24.5 Å². The summed E-state index contributed by atoms with van der Waals surface area (Å²) < 4.78 is 0. The summed E-state index contributed by atoms with van der Waals surface area (Å²) in [6.07, 6.45) is 4.32. The molecule has 0 aromatic carbocycles. The molecule has 2 rings (SSSR count). The van der Waals surface area contributed by atoms with E-state index in [1.165, 1.54) is 44.6 Å². The lowest BCUT2D eigenvalue weighted by Crippen LogP contribution is -2.56. The van der Waals surface area contributed by atoms with Crippen molar-refractivity contribution < 1.29 is 0 Å². The predicted molar refractivity (Wildman–Crippen MR) is 77.8 cm³/mol. The SMILES string of the molecule is CCSC1CCCC1N1CCNC(C(C)C)C1. The third kappa shape index (κ3) is 3.39. The summed E-state index contributed by atoms with van der Waals surface area (Å²) in [7, 11) is 0. The summed E-state index contributed by atoms with van der Waals surface area (Å²) in [6, 6.07) is 1.57. The van der Waals surface area contributed by atoms with Crippen LogP contribution in [0.3, 0.4) is 0 Å². The monoisotopic (exact) mass is 256 g/mol. The van der Waals surface area contributed by atoms with Gasteiger partial charge in [0.25, 0.3) is 0 Å². The summed E-state index contributed by atoms with van der Waals surface area (Å²) >= 11 is 2.19. The smallest absolute Gasteiger partial charge is 0.0218 e. The third-order valence-electron chi connectivity index (χ3n) is 4.31. The Labute approximate surface area is 111 Å². The van der Waals surface area contributed by atoms with E-state index >= 15 is 0 Å². The molecule has 0 spiro atoms. The van der Waals surface area contributed by atoms with Crippen LogP contribution < -0.4 is 5.32 Å². The molecule has 0 aromatic rings. The van der Waals surface area contributed by atoms with Crippen LogP contribution in [-0.4, -0.2) is 47.6 Å². The first-order chi connectivity index (χ1) is 8.22. The number of piperazine rings is 1. The fraction of sp³-hybridized carbons (Fsp3) is 1.00. The van der Waals surface area contributed by atoms with E-state index in [1.807, 2.05) is 0 Å². The van der Waals surface area contributed by atoms with E-state index in [1.54, 1.807) is 0 Å². The first-order valence-electron chi connectivity index (χ1n) is 7.31. The molecule has 0 radical (unpaired) electrons. The molecule has 0 aromatic heterocycles. The van der Waals surface area contributed by atoms with Crippen molar-refractivity contribution in [3.05, 3.63) is 0 Å². The molecule has 0 bridgehead atoms. The second kappa shape index (κ2) is 6.44. The van der Waals surface area contributed by atoms with Crippen LogP contribution in [-0.2, 0) is 0 Å². The first-order valence-corrected chi connectivity index (χ1v) is 8.36. The molecule has 0 amide bonds. The minimum atomic E-state index is 0.705. The summed E-state index contributed by atoms with van der Waals surface area (Å²) in [5, 5.41) is 4.58. The molecule has 3 unspecified atom stereocenters. The third-order valence-corrected chi connectivity index (χ3v) is 5.62. The summed E-state index contributed by atoms with van der Waals surface area (Å²) in [4.78, 5) is 2.78. The zero-order valence-electron chi connectivity index (χ0n) is 11.6. The standard InChI is InChI=1S/C14H28N2S/c1-4-17-14-7-5-6-13(14)16-9-8-15-12(10-16)11(2)3/h11-15H,4-10H2,1-3H3. The number of nitrogens with one attached hydrogen (secondary N) is 1. The second-order valence-electron chi connectivity index (χ2n) is 5.79. The van der Waals surface area contributed by atoms with Crippen LogP contribution >= 0.6 is 11.8 Å². The lowest BCUT2D eigenvalue weighted by molar-refractivity contribution is 0.131. The van der Waals surface area contributed by atoms with E-state index < -0.39 is 0 Å². The van der Waals surface area contributed by atoms with Crippen LogP contribution in [0.15, 0.2) is 0 Å². The Balaban J connectivity index is 1.91. The first kappa shape index (κ1) is 13.7. The molecule has 3 atom stereocenters. The number of nitrogens with zero attached hydrogens (tertiary/aromatic N) is 1. The van der Waals surface area contributed by atoms with Gasteiger partial charge in [-0.15, -0.1) is 0 Å². The molecule has 1 saturated carbocycles. The molecule has 1 aliphatic carbocycles. The molecule has 17 heavy (non-hydrogen) atoms. The molecule has 2 nitrogen and oxygen atoms in total. The number of thioether (sulfide) groups is 1. The van der Waals surface area contributed by atoms with Gasteiger partial charge in [-0.2, -0.15) is 11.8 Å². The molecule has 1 heterocycles. The maximum Gasteiger partial charge on any atom is 0.0218 e. The molecule has 1 saturated heterocycles. The minimum absolute atomic E-state index is 0.705. The Hall–Kier alpha value is 0.270. The van der Waals surface area contributed by atoms with Crippen LogP contribution in [0.25, 0.3) is 0 Å². The Morgan fingerprint density at radius 1 is 1.35 bits per heavy atom. The highest BCUT2D eigenvalue weighted by atomic mass is 32.2. The van der Waals surface area contributed by atoms with E-state index in [0.29, 0.717) is 6.04 Å². The predicted octanol–water partition coefficient (Wildman–Crippen LogP) is 2.59. The van der Waals surface area contributed by atoms with Gasteiger partial charge in [-0.1, -0.05) is 27.2 Å². The van der Waals surface area contributed by atoms with Crippen LogP contribution in [0.2, 0.25) is 0 Å². The highest BCUT2D eigenvalue weighted by molar-refractivity contribution is 7.99. The van der Waals surface area contributed by atoms with Gasteiger partial charge in [0.2, 0.25) is 0 Å². The van der Waals surface area contributed by atoms with Crippen molar-refractivity contribution in [1.29, 1.82) is 0 Å². The highest BCUT2D eigenvalue weighted by Crippen LogP contribution is 2.34. The zero-order valence-corrected chi connectivity index (χ0v) is 12.4. The van der Waals surface area contributed by atoms with Crippen molar-refractivity contribution in [2.75, 3.05) is 25.4 Å². The Morgan fingerprint density at radius 3 is 2.88 bits per heavy atom. The lowest BCUT2D eigenvalue weighted by Gasteiger charge is -2.41. The van der Waals surface area contributed by atoms with Crippen molar-refractivity contribution in [3.63, 3.8) is 0 Å². The summed E-state index contributed by atoms with van der Waals surface area (Å²) in [6.45, 7) is 10.7. The molecule has 1 N–H and O–H groups in total. The van der Waals surface area contributed by atoms with Gasteiger partial charge < -0.3 is 5.32 Å². The van der Waals surface area contributed by atoms with E-state index in [9.17, 15) is 0 Å². The lowest BCUT2D eigenvalue weighted by atomic mass is 10.0. The van der Waals surface area contributed by atoms with Crippen LogP contribution in [0, 0.1) is 5.92 Å². The van der Waals surface area contributed by atoms with Crippen LogP contribution in [0.5, 0.6) is 0 Å². The van der Waals surface area contributed by atoms with Gasteiger partial charge in [0, 0.05) is 37.0 Å². The van der Waals surface area contributed by atoms with E-state index in [2.05, 4.69) is 42.7 Å². The molecule has 1 aliphatic heterocycles. The molecule has 100 valence electrons. The summed E-state index contributed by atoms with van der Waals surface area (Å²) in [5.74, 6) is 2.04. The van der Waals surface area contributed by atoms with E-state index in [0.717, 1.165) is 17.2 Å². The Kier molecular flexibility index (Phi) is 5.19. The quantitative estimate of drug-likeness (QED) is 0.832. The van der Waals surface area contributed by atoms with Crippen LogP contribution in [0.1, 0.15) is 40.0 Å². The zero-order chi connectivity index (χ0) is 12.3. The number of rotatable bonds is 4. The number of hydrogen-bond donors (Lipinski definition) is 1. The fourth-order valence-corrected chi connectivity index (χ4v) is 4.57. The van der Waals surface area contributed by atoms with Gasteiger partial charge in [-0.25, -0.2) is 0 Å². The van der Waals surface area contributed by atoms with Gasteiger partial charge in [0.1, 0.15) is 0 Å². The maximum absolute atomic E-state index is 3.67. The van der Waals surface area contributed by atoms with Crippen molar-refractivity contribution in [1.82, 2.24) is 10.2 Å². The van der Waals surface area contributed by atoms with E-state index in [-0.39, 0.29) is 0 Å². The van der Waals surface area contributed by atoms with Crippen molar-refractivity contribution in [3.8, 4) is 0 Å². The normalized spacial score (nSPS) is 35.6. The average Bonchev–Trinajstić information content (AvgIpc) is 2.78. The number of hydrogen-bond acceptors (Lipinski definition) is 3. The molecule has 3 heteroatoms. The second-order valence-corrected chi connectivity index (χ2v) is 7.31. The largest absolute Gasteiger partial charge is 0.311 e.